The lowest BCUT2D eigenvalue weighted by Crippen LogP contribution is -2.44. The molecule has 3 rings (SSSR count). The number of rotatable bonds is 2. The molecule has 0 spiro atoms. The molecule has 4 nitrogen and oxygen atoms in total. The van der Waals surface area contributed by atoms with Gasteiger partial charge in [0.2, 0.25) is 5.91 Å². The second kappa shape index (κ2) is 5.75. The van der Waals surface area contributed by atoms with E-state index in [2.05, 4.69) is 0 Å². The molecule has 0 radical (unpaired) electrons. The normalized spacial score (nSPS) is 17.2. The van der Waals surface area contributed by atoms with E-state index in [-0.39, 0.29) is 24.1 Å². The van der Waals surface area contributed by atoms with Crippen LogP contribution in [-0.4, -0.2) is 16.5 Å². The van der Waals surface area contributed by atoms with Crippen molar-refractivity contribution in [2.24, 2.45) is 0 Å². The van der Waals surface area contributed by atoms with Crippen molar-refractivity contribution in [3.63, 3.8) is 0 Å². The average molecular weight is 300 g/mol. The summed E-state index contributed by atoms with van der Waals surface area (Å²) in [6.07, 6.45) is 2.88. The Morgan fingerprint density at radius 1 is 1.27 bits per heavy atom. The summed E-state index contributed by atoms with van der Waals surface area (Å²) >= 11 is 0. The van der Waals surface area contributed by atoms with Crippen LogP contribution in [0.3, 0.4) is 0 Å². The van der Waals surface area contributed by atoms with Crippen LogP contribution < -0.4 is 10.5 Å². The molecule has 1 amide bonds. The van der Waals surface area contributed by atoms with Crippen LogP contribution in [0.2, 0.25) is 0 Å². The Labute approximate surface area is 127 Å². The van der Waals surface area contributed by atoms with E-state index in [1.807, 2.05) is 31.2 Å². The molecule has 1 aromatic carbocycles. The second-order valence-corrected chi connectivity index (χ2v) is 5.59. The van der Waals surface area contributed by atoms with Crippen LogP contribution in [0, 0.1) is 5.82 Å². The van der Waals surface area contributed by atoms with Gasteiger partial charge in [-0.2, -0.15) is 0 Å². The van der Waals surface area contributed by atoms with Gasteiger partial charge in [0.25, 0.3) is 5.56 Å². The average Bonchev–Trinajstić information content (AvgIpc) is 2.50. The molecule has 0 bridgehead atoms. The van der Waals surface area contributed by atoms with Crippen molar-refractivity contribution >= 4 is 11.6 Å². The van der Waals surface area contributed by atoms with Crippen molar-refractivity contribution in [3.8, 4) is 0 Å². The van der Waals surface area contributed by atoms with Crippen LogP contribution in [0.15, 0.2) is 47.4 Å². The van der Waals surface area contributed by atoms with E-state index in [0.29, 0.717) is 0 Å². The molecule has 0 aliphatic carbocycles. The van der Waals surface area contributed by atoms with Crippen molar-refractivity contribution in [2.75, 3.05) is 4.90 Å². The number of anilines is 1. The topological polar surface area (TPSA) is 42.3 Å². The standard InChI is InChI=1S/C17H17FN2O2/c1-12-6-7-13-4-2-3-5-15(13)20(12)17(22)11-19-10-14(18)8-9-16(19)21/h2-5,8-10,12H,6-7,11H2,1H3. The van der Waals surface area contributed by atoms with E-state index < -0.39 is 5.82 Å². The molecule has 0 saturated heterocycles. The molecule has 22 heavy (non-hydrogen) atoms. The fourth-order valence-corrected chi connectivity index (χ4v) is 2.92. The molecule has 0 N–H and O–H groups in total. The van der Waals surface area contributed by atoms with Crippen LogP contribution in [-0.2, 0) is 17.8 Å². The number of fused-ring (bicyclic) bond motifs is 1. The number of amides is 1. The Balaban J connectivity index is 1.92. The van der Waals surface area contributed by atoms with Gasteiger partial charge in [-0.25, -0.2) is 4.39 Å². The fraction of sp³-hybridized carbons (Fsp3) is 0.294. The molecule has 1 aliphatic heterocycles. The first-order chi connectivity index (χ1) is 10.6. The van der Waals surface area contributed by atoms with Gasteiger partial charge in [-0.15, -0.1) is 0 Å². The van der Waals surface area contributed by atoms with Gasteiger partial charge in [-0.1, -0.05) is 18.2 Å². The maximum atomic E-state index is 13.3. The number of hydrogen-bond acceptors (Lipinski definition) is 2. The lowest BCUT2D eigenvalue weighted by atomic mass is 9.96. The third-order valence-corrected chi connectivity index (χ3v) is 4.05. The summed E-state index contributed by atoms with van der Waals surface area (Å²) in [4.78, 5) is 26.1. The number of pyridine rings is 1. The first-order valence-corrected chi connectivity index (χ1v) is 7.32. The fourth-order valence-electron chi connectivity index (χ4n) is 2.92. The lowest BCUT2D eigenvalue weighted by Gasteiger charge is -2.35. The predicted octanol–water partition coefficient (Wildman–Crippen LogP) is 2.36. The van der Waals surface area contributed by atoms with Gasteiger partial charge in [-0.05, 0) is 37.5 Å². The van der Waals surface area contributed by atoms with E-state index in [1.165, 1.54) is 0 Å². The Morgan fingerprint density at radius 2 is 2.05 bits per heavy atom. The van der Waals surface area contributed by atoms with Gasteiger partial charge in [0.15, 0.2) is 0 Å². The minimum absolute atomic E-state index is 0.0617. The number of aryl methyl sites for hydroxylation is 1. The second-order valence-electron chi connectivity index (χ2n) is 5.59. The molecule has 114 valence electrons. The van der Waals surface area contributed by atoms with Crippen molar-refractivity contribution in [1.29, 1.82) is 0 Å². The zero-order valence-electron chi connectivity index (χ0n) is 12.3. The van der Waals surface area contributed by atoms with Crippen LogP contribution in [0.1, 0.15) is 18.9 Å². The zero-order chi connectivity index (χ0) is 15.7. The largest absolute Gasteiger partial charge is 0.308 e. The molecule has 1 aromatic heterocycles. The minimum Gasteiger partial charge on any atom is -0.308 e. The highest BCUT2D eigenvalue weighted by atomic mass is 19.1. The summed E-state index contributed by atoms with van der Waals surface area (Å²) in [5.41, 5.74) is 1.63. The van der Waals surface area contributed by atoms with Gasteiger partial charge in [0.1, 0.15) is 12.4 Å². The molecule has 2 aromatic rings. The van der Waals surface area contributed by atoms with Crippen molar-refractivity contribution < 1.29 is 9.18 Å². The molecule has 0 saturated carbocycles. The number of benzene rings is 1. The monoisotopic (exact) mass is 300 g/mol. The summed E-state index contributed by atoms with van der Waals surface area (Å²) < 4.78 is 14.4. The van der Waals surface area contributed by atoms with Crippen molar-refractivity contribution in [1.82, 2.24) is 4.57 Å². The number of aromatic nitrogens is 1. The van der Waals surface area contributed by atoms with E-state index in [0.717, 1.165) is 47.0 Å². The van der Waals surface area contributed by atoms with Crippen LogP contribution in [0.25, 0.3) is 0 Å². The summed E-state index contributed by atoms with van der Waals surface area (Å²) in [7, 11) is 0. The van der Waals surface area contributed by atoms with Gasteiger partial charge in [-0.3, -0.25) is 9.59 Å². The Kier molecular flexibility index (Phi) is 3.79. The van der Waals surface area contributed by atoms with Crippen LogP contribution in [0.5, 0.6) is 0 Å². The van der Waals surface area contributed by atoms with Crippen LogP contribution >= 0.6 is 0 Å². The number of para-hydroxylation sites is 1. The number of nitrogens with zero attached hydrogens (tertiary/aromatic N) is 2. The van der Waals surface area contributed by atoms with Gasteiger partial charge >= 0.3 is 0 Å². The van der Waals surface area contributed by atoms with E-state index in [9.17, 15) is 14.0 Å². The zero-order valence-corrected chi connectivity index (χ0v) is 12.3. The van der Waals surface area contributed by atoms with Crippen LogP contribution in [0.4, 0.5) is 10.1 Å². The quantitative estimate of drug-likeness (QED) is 0.854. The van der Waals surface area contributed by atoms with E-state index >= 15 is 0 Å². The van der Waals surface area contributed by atoms with E-state index in [4.69, 9.17) is 0 Å². The third-order valence-electron chi connectivity index (χ3n) is 4.05. The molecule has 1 atom stereocenters. The Morgan fingerprint density at radius 3 is 2.86 bits per heavy atom. The summed E-state index contributed by atoms with van der Waals surface area (Å²) in [6.45, 7) is 1.83. The van der Waals surface area contributed by atoms with Crippen molar-refractivity contribution in [2.45, 2.75) is 32.4 Å². The molecular formula is C17H17FN2O2. The number of hydrogen-bond donors (Lipinski definition) is 0. The van der Waals surface area contributed by atoms with Gasteiger partial charge < -0.3 is 9.47 Å². The maximum absolute atomic E-state index is 13.3. The number of carbonyl (C=O) groups excluding carboxylic acids is 1. The molecule has 1 aliphatic rings. The number of carbonyl (C=O) groups is 1. The van der Waals surface area contributed by atoms with Crippen molar-refractivity contribution in [3.05, 3.63) is 64.3 Å². The SMILES string of the molecule is CC1CCc2ccccc2N1C(=O)Cn1cc(F)ccc1=O. The Bertz CT molecular complexity index is 769. The highest BCUT2D eigenvalue weighted by Crippen LogP contribution is 2.30. The molecule has 2 heterocycles. The Hall–Kier alpha value is -2.43. The molecule has 1 unspecified atom stereocenters. The number of halogens is 1. The summed E-state index contributed by atoms with van der Waals surface area (Å²) in [5.74, 6) is -0.730. The summed E-state index contributed by atoms with van der Waals surface area (Å²) in [6, 6.07) is 10.1. The third kappa shape index (κ3) is 2.66. The molecular weight excluding hydrogens is 283 g/mol. The molecule has 0 fully saturated rings. The predicted molar refractivity (Wildman–Crippen MR) is 82.4 cm³/mol. The lowest BCUT2D eigenvalue weighted by molar-refractivity contribution is -0.119. The van der Waals surface area contributed by atoms with E-state index in [1.54, 1.807) is 4.90 Å². The minimum atomic E-state index is -0.528. The van der Waals surface area contributed by atoms with Gasteiger partial charge in [0, 0.05) is 24.0 Å². The smallest absolute Gasteiger partial charge is 0.251 e. The van der Waals surface area contributed by atoms with Gasteiger partial charge in [0.05, 0.1) is 0 Å². The highest BCUT2D eigenvalue weighted by Gasteiger charge is 2.28. The first kappa shape index (κ1) is 14.5. The summed E-state index contributed by atoms with van der Waals surface area (Å²) in [5, 5.41) is 0. The molecule has 5 heteroatoms. The highest BCUT2D eigenvalue weighted by molar-refractivity contribution is 5.95. The first-order valence-electron chi connectivity index (χ1n) is 7.32. The maximum Gasteiger partial charge on any atom is 0.251 e.